The molecule has 0 amide bonds. The summed E-state index contributed by atoms with van der Waals surface area (Å²) in [5.74, 6) is 8.77. The van der Waals surface area contributed by atoms with Crippen LogP contribution in [0.3, 0.4) is 0 Å². The van der Waals surface area contributed by atoms with Crippen molar-refractivity contribution < 1.29 is 4.43 Å². The van der Waals surface area contributed by atoms with Gasteiger partial charge in [0.25, 0.3) is 0 Å². The minimum Gasteiger partial charge on any atom is -0.406 e. The molecule has 0 aliphatic heterocycles. The molecule has 0 aliphatic carbocycles. The number of terminal acetylenes is 1. The van der Waals surface area contributed by atoms with E-state index in [0.717, 1.165) is 19.3 Å². The minimum absolute atomic E-state index is 0.262. The first kappa shape index (κ1) is 15.3. The number of rotatable bonds is 4. The van der Waals surface area contributed by atoms with Gasteiger partial charge in [-0.1, -0.05) is 26.7 Å². The van der Waals surface area contributed by atoms with E-state index in [2.05, 4.69) is 51.6 Å². The maximum absolute atomic E-state index is 5.93. The smallest absolute Gasteiger partial charge is 0.193 e. The molecule has 0 saturated heterocycles. The van der Waals surface area contributed by atoms with Crippen LogP contribution in [0.25, 0.3) is 0 Å². The van der Waals surface area contributed by atoms with Gasteiger partial charge in [-0.15, -0.1) is 18.3 Å². The first-order valence-corrected chi connectivity index (χ1v) is 8.75. The molecule has 0 saturated carbocycles. The first-order valence-electron chi connectivity index (χ1n) is 5.84. The first-order chi connectivity index (χ1) is 7.31. The lowest BCUT2D eigenvalue weighted by Gasteiger charge is -2.35. The summed E-state index contributed by atoms with van der Waals surface area (Å²) in [5, 5.41) is 0.262. The molecule has 2 heteroatoms. The van der Waals surface area contributed by atoms with Gasteiger partial charge in [0.05, 0.1) is 6.61 Å². The number of unbranched alkanes of at least 4 members (excludes halogenated alkanes) is 2. The Morgan fingerprint density at radius 2 is 1.75 bits per heavy atom. The molecule has 0 aromatic heterocycles. The molecule has 1 nitrogen and oxygen atoms in total. The second-order valence-electron chi connectivity index (χ2n) is 5.46. The Kier molecular flexibility index (Phi) is 6.49. The van der Waals surface area contributed by atoms with Gasteiger partial charge in [0.1, 0.15) is 0 Å². The molecule has 0 heterocycles. The van der Waals surface area contributed by atoms with Crippen LogP contribution in [0.1, 0.15) is 40.0 Å². The molecule has 16 heavy (non-hydrogen) atoms. The van der Waals surface area contributed by atoms with Crippen LogP contribution in [0.15, 0.2) is 0 Å². The Morgan fingerprint density at radius 1 is 1.12 bits per heavy atom. The second-order valence-corrected chi connectivity index (χ2v) is 10.3. The Morgan fingerprint density at radius 3 is 2.25 bits per heavy atom. The molecule has 0 rings (SSSR count). The average molecular weight is 236 g/mol. The monoisotopic (exact) mass is 236 g/mol. The van der Waals surface area contributed by atoms with Crippen LogP contribution >= 0.6 is 0 Å². The highest BCUT2D eigenvalue weighted by Gasteiger charge is 2.36. The Balaban J connectivity index is 3.86. The van der Waals surface area contributed by atoms with Crippen LogP contribution in [-0.4, -0.2) is 14.9 Å². The van der Waals surface area contributed by atoms with E-state index in [1.54, 1.807) is 0 Å². The van der Waals surface area contributed by atoms with Crippen molar-refractivity contribution in [2.45, 2.75) is 58.2 Å². The van der Waals surface area contributed by atoms with Gasteiger partial charge in [-0.3, -0.25) is 0 Å². The fraction of sp³-hybridized carbons (Fsp3) is 0.714. The van der Waals surface area contributed by atoms with Crippen molar-refractivity contribution in [2.24, 2.45) is 0 Å². The summed E-state index contributed by atoms with van der Waals surface area (Å²) in [7, 11) is -1.62. The molecule has 0 fully saturated rings. The molecule has 0 bridgehead atoms. The van der Waals surface area contributed by atoms with Gasteiger partial charge in [-0.05, 0) is 24.6 Å². The molecule has 0 N–H and O–H groups in total. The van der Waals surface area contributed by atoms with E-state index in [1.165, 1.54) is 0 Å². The largest absolute Gasteiger partial charge is 0.406 e. The van der Waals surface area contributed by atoms with Crippen LogP contribution in [0.4, 0.5) is 0 Å². The standard InChI is InChI=1S/C14H24OSi/c1-7-8-9-10-11-12-13-15-16(5,6)14(2,3)4/h1H,8-10,13H2,2-6H3. The van der Waals surface area contributed by atoms with Gasteiger partial charge < -0.3 is 4.43 Å². The second kappa shape index (κ2) is 6.79. The fourth-order valence-electron chi connectivity index (χ4n) is 0.851. The third-order valence-electron chi connectivity index (χ3n) is 3.06. The maximum Gasteiger partial charge on any atom is 0.193 e. The predicted molar refractivity (Wildman–Crippen MR) is 73.6 cm³/mol. The molecule has 0 unspecified atom stereocenters. The third kappa shape index (κ3) is 6.01. The molecule has 0 aliphatic rings. The normalized spacial score (nSPS) is 11.5. The molecule has 0 radical (unpaired) electrons. The summed E-state index contributed by atoms with van der Waals surface area (Å²) in [6, 6.07) is 0. The van der Waals surface area contributed by atoms with Crippen LogP contribution in [0, 0.1) is 24.2 Å². The molecular formula is C14H24OSi. The highest BCUT2D eigenvalue weighted by atomic mass is 28.4. The Bertz CT molecular complexity index is 293. The van der Waals surface area contributed by atoms with E-state index in [-0.39, 0.29) is 5.04 Å². The molecular weight excluding hydrogens is 212 g/mol. The van der Waals surface area contributed by atoms with Crippen molar-refractivity contribution in [3.63, 3.8) is 0 Å². The molecule has 0 aromatic rings. The zero-order chi connectivity index (χ0) is 12.7. The predicted octanol–water partition coefficient (Wildman–Crippen LogP) is 3.82. The van der Waals surface area contributed by atoms with Crippen LogP contribution in [0.2, 0.25) is 18.1 Å². The molecule has 0 atom stereocenters. The van der Waals surface area contributed by atoms with Gasteiger partial charge in [-0.25, -0.2) is 0 Å². The van der Waals surface area contributed by atoms with Crippen LogP contribution in [-0.2, 0) is 4.43 Å². The lowest BCUT2D eigenvalue weighted by Crippen LogP contribution is -2.40. The van der Waals surface area contributed by atoms with E-state index >= 15 is 0 Å². The minimum atomic E-state index is -1.62. The maximum atomic E-state index is 5.93. The Hall–Kier alpha value is -0.703. The van der Waals surface area contributed by atoms with Gasteiger partial charge in [0, 0.05) is 12.8 Å². The van der Waals surface area contributed by atoms with Crippen molar-refractivity contribution >= 4 is 8.32 Å². The van der Waals surface area contributed by atoms with Gasteiger partial charge >= 0.3 is 0 Å². The molecule has 90 valence electrons. The highest BCUT2D eigenvalue weighted by Crippen LogP contribution is 2.36. The lowest BCUT2D eigenvalue weighted by molar-refractivity contribution is 0.334. The van der Waals surface area contributed by atoms with Gasteiger partial charge in [0.15, 0.2) is 8.32 Å². The van der Waals surface area contributed by atoms with E-state index < -0.39 is 8.32 Å². The van der Waals surface area contributed by atoms with E-state index in [4.69, 9.17) is 10.8 Å². The summed E-state index contributed by atoms with van der Waals surface area (Å²) in [6.07, 6.45) is 7.84. The number of hydrogen-bond donors (Lipinski definition) is 0. The third-order valence-corrected chi connectivity index (χ3v) is 7.54. The summed E-state index contributed by atoms with van der Waals surface area (Å²) >= 11 is 0. The summed E-state index contributed by atoms with van der Waals surface area (Å²) in [5.41, 5.74) is 0. The van der Waals surface area contributed by atoms with Gasteiger partial charge in [-0.2, -0.15) is 0 Å². The zero-order valence-electron chi connectivity index (χ0n) is 11.3. The number of hydrogen-bond acceptors (Lipinski definition) is 1. The Labute approximate surface area is 102 Å². The SMILES string of the molecule is C#CCCCC#CCO[Si](C)(C)C(C)(C)C. The molecule has 0 spiro atoms. The highest BCUT2D eigenvalue weighted by molar-refractivity contribution is 6.74. The van der Waals surface area contributed by atoms with Crippen molar-refractivity contribution in [3.05, 3.63) is 0 Å². The molecule has 0 aromatic carbocycles. The van der Waals surface area contributed by atoms with Crippen LogP contribution in [0.5, 0.6) is 0 Å². The van der Waals surface area contributed by atoms with E-state index in [1.807, 2.05) is 0 Å². The quantitative estimate of drug-likeness (QED) is 0.410. The van der Waals surface area contributed by atoms with Crippen molar-refractivity contribution in [3.8, 4) is 24.2 Å². The topological polar surface area (TPSA) is 9.23 Å². The summed E-state index contributed by atoms with van der Waals surface area (Å²) in [6.45, 7) is 11.8. The van der Waals surface area contributed by atoms with E-state index in [0.29, 0.717) is 6.61 Å². The van der Waals surface area contributed by atoms with Crippen LogP contribution < -0.4 is 0 Å². The fourth-order valence-corrected chi connectivity index (χ4v) is 1.72. The van der Waals surface area contributed by atoms with Crippen molar-refractivity contribution in [2.75, 3.05) is 6.61 Å². The van der Waals surface area contributed by atoms with Crippen molar-refractivity contribution in [1.29, 1.82) is 0 Å². The van der Waals surface area contributed by atoms with E-state index in [9.17, 15) is 0 Å². The lowest BCUT2D eigenvalue weighted by atomic mass is 10.2. The average Bonchev–Trinajstić information content (AvgIpc) is 2.14. The van der Waals surface area contributed by atoms with Gasteiger partial charge in [0.2, 0.25) is 0 Å². The zero-order valence-corrected chi connectivity index (χ0v) is 12.3. The summed E-state index contributed by atoms with van der Waals surface area (Å²) < 4.78 is 5.93. The summed E-state index contributed by atoms with van der Waals surface area (Å²) in [4.78, 5) is 0. The van der Waals surface area contributed by atoms with Crippen molar-refractivity contribution in [1.82, 2.24) is 0 Å².